The van der Waals surface area contributed by atoms with E-state index in [9.17, 15) is 5.11 Å². The number of aliphatic imine (C=N–C) groups is 1. The maximum absolute atomic E-state index is 9.24. The largest absolute Gasteiger partial charge is 0.508 e. The standard InChI is InChI=1S/C14H18N2O2/c17-13-3-1-10(2-4-13)7-12-9-18-14(16-12)11-5-6-15-8-11/h1-4,11-12,15,17H,5-9H2. The number of nitrogens with zero attached hydrogens (tertiary/aromatic N) is 1. The van der Waals surface area contributed by atoms with E-state index in [-0.39, 0.29) is 6.04 Å². The molecule has 4 heteroatoms. The molecule has 2 atom stereocenters. The Bertz CT molecular complexity index is 436. The summed E-state index contributed by atoms with van der Waals surface area (Å²) in [7, 11) is 0. The number of aromatic hydroxyl groups is 1. The first-order chi connectivity index (χ1) is 8.81. The molecule has 0 amide bonds. The van der Waals surface area contributed by atoms with Crippen molar-refractivity contribution in [3.05, 3.63) is 29.8 Å². The fourth-order valence-corrected chi connectivity index (χ4v) is 2.53. The molecule has 18 heavy (non-hydrogen) atoms. The van der Waals surface area contributed by atoms with Crippen LogP contribution in [0.2, 0.25) is 0 Å². The first kappa shape index (κ1) is 11.5. The summed E-state index contributed by atoms with van der Waals surface area (Å²) in [6.07, 6.45) is 2.01. The van der Waals surface area contributed by atoms with Gasteiger partial charge in [0.05, 0.1) is 6.04 Å². The van der Waals surface area contributed by atoms with Crippen molar-refractivity contribution in [1.82, 2.24) is 5.32 Å². The van der Waals surface area contributed by atoms with Gasteiger partial charge in [0.2, 0.25) is 0 Å². The zero-order valence-corrected chi connectivity index (χ0v) is 10.3. The van der Waals surface area contributed by atoms with E-state index in [0.29, 0.717) is 18.3 Å². The lowest BCUT2D eigenvalue weighted by Crippen LogP contribution is -2.17. The molecule has 0 saturated carbocycles. The second-order valence-corrected chi connectivity index (χ2v) is 4.99. The monoisotopic (exact) mass is 246 g/mol. The summed E-state index contributed by atoms with van der Waals surface area (Å²) in [5, 5.41) is 12.6. The van der Waals surface area contributed by atoms with Crippen molar-refractivity contribution in [2.75, 3.05) is 19.7 Å². The van der Waals surface area contributed by atoms with Crippen LogP contribution in [-0.4, -0.2) is 36.7 Å². The minimum atomic E-state index is 0.227. The molecule has 0 aliphatic carbocycles. The summed E-state index contributed by atoms with van der Waals surface area (Å²) >= 11 is 0. The van der Waals surface area contributed by atoms with E-state index in [1.807, 2.05) is 12.1 Å². The molecule has 0 aromatic heterocycles. The molecule has 2 heterocycles. The fraction of sp³-hybridized carbons (Fsp3) is 0.500. The summed E-state index contributed by atoms with van der Waals surface area (Å²) in [5.41, 5.74) is 1.19. The Balaban J connectivity index is 1.62. The topological polar surface area (TPSA) is 53.9 Å². The number of benzene rings is 1. The van der Waals surface area contributed by atoms with Gasteiger partial charge in [-0.2, -0.15) is 0 Å². The van der Waals surface area contributed by atoms with Crippen molar-refractivity contribution < 1.29 is 9.84 Å². The van der Waals surface area contributed by atoms with Crippen LogP contribution in [0.5, 0.6) is 5.75 Å². The average Bonchev–Trinajstić information content (AvgIpc) is 3.02. The van der Waals surface area contributed by atoms with Gasteiger partial charge in [0.1, 0.15) is 12.4 Å². The molecule has 2 N–H and O–H groups in total. The van der Waals surface area contributed by atoms with Crippen molar-refractivity contribution in [3.8, 4) is 5.75 Å². The van der Waals surface area contributed by atoms with E-state index in [1.54, 1.807) is 12.1 Å². The maximum Gasteiger partial charge on any atom is 0.188 e. The molecule has 2 unspecified atom stereocenters. The predicted molar refractivity (Wildman–Crippen MR) is 70.0 cm³/mol. The number of nitrogens with one attached hydrogen (secondary N) is 1. The molecular formula is C14H18N2O2. The zero-order chi connectivity index (χ0) is 12.4. The van der Waals surface area contributed by atoms with E-state index in [1.165, 1.54) is 5.56 Å². The lowest BCUT2D eigenvalue weighted by atomic mass is 10.1. The Hall–Kier alpha value is -1.55. The van der Waals surface area contributed by atoms with Crippen LogP contribution < -0.4 is 5.32 Å². The van der Waals surface area contributed by atoms with Crippen molar-refractivity contribution >= 4 is 5.90 Å². The van der Waals surface area contributed by atoms with Crippen LogP contribution in [0.25, 0.3) is 0 Å². The number of phenolic OH excluding ortho intramolecular Hbond substituents is 1. The smallest absolute Gasteiger partial charge is 0.188 e. The van der Waals surface area contributed by atoms with Gasteiger partial charge in [-0.3, -0.25) is 0 Å². The predicted octanol–water partition coefficient (Wildman–Crippen LogP) is 1.34. The molecule has 1 aromatic carbocycles. The van der Waals surface area contributed by atoms with Crippen LogP contribution in [0.3, 0.4) is 0 Å². The number of phenols is 1. The first-order valence-corrected chi connectivity index (χ1v) is 6.50. The molecule has 0 bridgehead atoms. The lowest BCUT2D eigenvalue weighted by molar-refractivity contribution is 0.299. The van der Waals surface area contributed by atoms with E-state index in [0.717, 1.165) is 31.8 Å². The lowest BCUT2D eigenvalue weighted by Gasteiger charge is -2.06. The highest BCUT2D eigenvalue weighted by Crippen LogP contribution is 2.20. The maximum atomic E-state index is 9.24. The molecule has 0 spiro atoms. The Morgan fingerprint density at radius 3 is 2.89 bits per heavy atom. The Kier molecular flexibility index (Phi) is 3.19. The molecular weight excluding hydrogens is 228 g/mol. The van der Waals surface area contributed by atoms with Gasteiger partial charge >= 0.3 is 0 Å². The normalized spacial score (nSPS) is 27.0. The molecule has 3 rings (SSSR count). The van der Waals surface area contributed by atoms with Gasteiger partial charge in [0.15, 0.2) is 5.90 Å². The summed E-state index contributed by atoms with van der Waals surface area (Å²) in [6, 6.07) is 7.55. The van der Waals surface area contributed by atoms with E-state index in [4.69, 9.17) is 4.74 Å². The van der Waals surface area contributed by atoms with Crippen LogP contribution in [0, 0.1) is 5.92 Å². The van der Waals surface area contributed by atoms with Crippen molar-refractivity contribution in [2.45, 2.75) is 18.9 Å². The Labute approximate surface area is 107 Å². The van der Waals surface area contributed by atoms with Gasteiger partial charge in [0, 0.05) is 12.5 Å². The minimum Gasteiger partial charge on any atom is -0.508 e. The third-order valence-electron chi connectivity index (χ3n) is 3.55. The molecule has 1 aromatic rings. The van der Waals surface area contributed by atoms with Gasteiger partial charge in [0.25, 0.3) is 0 Å². The summed E-state index contributed by atoms with van der Waals surface area (Å²) in [6.45, 7) is 2.74. The van der Waals surface area contributed by atoms with Crippen molar-refractivity contribution in [3.63, 3.8) is 0 Å². The third kappa shape index (κ3) is 2.48. The highest BCUT2D eigenvalue weighted by atomic mass is 16.5. The Morgan fingerprint density at radius 1 is 1.33 bits per heavy atom. The molecule has 2 aliphatic rings. The molecule has 1 fully saturated rings. The summed E-state index contributed by atoms with van der Waals surface area (Å²) in [4.78, 5) is 4.68. The van der Waals surface area contributed by atoms with Crippen LogP contribution in [0.1, 0.15) is 12.0 Å². The number of rotatable bonds is 3. The number of ether oxygens (including phenoxy) is 1. The van der Waals surface area contributed by atoms with E-state index < -0.39 is 0 Å². The molecule has 96 valence electrons. The van der Waals surface area contributed by atoms with Gasteiger partial charge < -0.3 is 15.2 Å². The fourth-order valence-electron chi connectivity index (χ4n) is 2.53. The number of hydrogen-bond donors (Lipinski definition) is 2. The SMILES string of the molecule is Oc1ccc(CC2COC(C3CCNC3)=N2)cc1. The second kappa shape index (κ2) is 4.98. The van der Waals surface area contributed by atoms with Crippen molar-refractivity contribution in [1.29, 1.82) is 0 Å². The molecule has 1 saturated heterocycles. The second-order valence-electron chi connectivity index (χ2n) is 4.99. The van der Waals surface area contributed by atoms with Crippen LogP contribution in [0.4, 0.5) is 0 Å². The summed E-state index contributed by atoms with van der Waals surface area (Å²) in [5.74, 6) is 1.71. The number of hydrogen-bond acceptors (Lipinski definition) is 4. The quantitative estimate of drug-likeness (QED) is 0.846. The van der Waals surface area contributed by atoms with E-state index in [2.05, 4.69) is 10.3 Å². The Morgan fingerprint density at radius 2 is 2.17 bits per heavy atom. The van der Waals surface area contributed by atoms with Gasteiger partial charge in [-0.05, 0) is 37.1 Å². The highest BCUT2D eigenvalue weighted by molar-refractivity contribution is 5.80. The van der Waals surface area contributed by atoms with Gasteiger partial charge in [-0.25, -0.2) is 4.99 Å². The van der Waals surface area contributed by atoms with Crippen molar-refractivity contribution in [2.24, 2.45) is 10.9 Å². The van der Waals surface area contributed by atoms with Crippen LogP contribution in [0.15, 0.2) is 29.3 Å². The molecule has 4 nitrogen and oxygen atoms in total. The summed E-state index contributed by atoms with van der Waals surface area (Å²) < 4.78 is 5.71. The molecule has 2 aliphatic heterocycles. The highest BCUT2D eigenvalue weighted by Gasteiger charge is 2.28. The average molecular weight is 246 g/mol. The van der Waals surface area contributed by atoms with Gasteiger partial charge in [-0.15, -0.1) is 0 Å². The van der Waals surface area contributed by atoms with E-state index >= 15 is 0 Å². The van der Waals surface area contributed by atoms with Crippen LogP contribution >= 0.6 is 0 Å². The molecule has 0 radical (unpaired) electrons. The minimum absolute atomic E-state index is 0.227. The van der Waals surface area contributed by atoms with Crippen LogP contribution in [-0.2, 0) is 11.2 Å². The first-order valence-electron chi connectivity index (χ1n) is 6.50. The zero-order valence-electron chi connectivity index (χ0n) is 10.3. The third-order valence-corrected chi connectivity index (χ3v) is 3.55. The van der Waals surface area contributed by atoms with Gasteiger partial charge in [-0.1, -0.05) is 12.1 Å².